The van der Waals surface area contributed by atoms with Crippen molar-refractivity contribution in [1.82, 2.24) is 19.9 Å². The number of benzene rings is 1. The molecule has 2 aromatic heterocycles. The number of phenols is 1. The molecule has 0 spiro atoms. The van der Waals surface area contributed by atoms with Gasteiger partial charge >= 0.3 is 0 Å². The van der Waals surface area contributed by atoms with E-state index in [4.69, 9.17) is 0 Å². The first kappa shape index (κ1) is 16.5. The topological polar surface area (TPSA) is 82.1 Å². The smallest absolute Gasteiger partial charge is 0.255 e. The van der Waals surface area contributed by atoms with Crippen molar-refractivity contribution in [2.45, 2.75) is 26.4 Å². The second-order valence-electron chi connectivity index (χ2n) is 6.62. The molecule has 2 N–H and O–H groups in total. The van der Waals surface area contributed by atoms with Crippen LogP contribution in [0.15, 0.2) is 47.5 Å². The van der Waals surface area contributed by atoms with Crippen LogP contribution in [0.4, 0.5) is 0 Å². The van der Waals surface area contributed by atoms with Crippen LogP contribution in [0.25, 0.3) is 11.4 Å². The number of aromatic amines is 1. The predicted octanol–water partition coefficient (Wildman–Crippen LogP) is 2.40. The maximum atomic E-state index is 12.6. The van der Waals surface area contributed by atoms with Gasteiger partial charge in [0.2, 0.25) is 0 Å². The first-order valence-electron chi connectivity index (χ1n) is 8.64. The molecule has 0 radical (unpaired) electrons. The summed E-state index contributed by atoms with van der Waals surface area (Å²) in [5, 5.41) is 10.2. The van der Waals surface area contributed by atoms with Crippen LogP contribution in [0.3, 0.4) is 0 Å². The van der Waals surface area contributed by atoms with Crippen molar-refractivity contribution in [1.29, 1.82) is 0 Å². The van der Waals surface area contributed by atoms with Crippen LogP contribution in [-0.2, 0) is 19.5 Å². The Morgan fingerprint density at radius 2 is 2.15 bits per heavy atom. The second kappa shape index (κ2) is 6.72. The summed E-state index contributed by atoms with van der Waals surface area (Å²) in [6.07, 6.45) is 4.10. The van der Waals surface area contributed by atoms with Crippen LogP contribution in [0, 0.1) is 6.92 Å². The number of H-pyrrole nitrogens is 1. The van der Waals surface area contributed by atoms with Crippen LogP contribution in [0.1, 0.15) is 22.4 Å². The lowest BCUT2D eigenvalue weighted by molar-refractivity contribution is 0.238. The molecule has 1 aliphatic heterocycles. The van der Waals surface area contributed by atoms with Crippen molar-refractivity contribution in [3.63, 3.8) is 0 Å². The summed E-state index contributed by atoms with van der Waals surface area (Å²) in [5.41, 5.74) is 3.99. The number of aromatic hydroxyl groups is 1. The summed E-state index contributed by atoms with van der Waals surface area (Å²) in [6.45, 7) is 3.82. The number of fused-ring (bicyclic) bond motifs is 1. The molecule has 0 atom stereocenters. The van der Waals surface area contributed by atoms with Crippen molar-refractivity contribution < 1.29 is 5.11 Å². The van der Waals surface area contributed by atoms with Crippen LogP contribution >= 0.6 is 0 Å². The number of para-hydroxylation sites is 1. The highest BCUT2D eigenvalue weighted by Crippen LogP contribution is 2.25. The average molecular weight is 348 g/mol. The molecule has 3 aromatic rings. The Kier molecular flexibility index (Phi) is 4.26. The fraction of sp³-hybridized carbons (Fsp3) is 0.250. The monoisotopic (exact) mass is 348 g/mol. The van der Waals surface area contributed by atoms with Crippen LogP contribution in [0.5, 0.6) is 5.75 Å². The fourth-order valence-electron chi connectivity index (χ4n) is 3.34. The number of aryl methyl sites for hydroxylation is 1. The summed E-state index contributed by atoms with van der Waals surface area (Å²) >= 11 is 0. The van der Waals surface area contributed by atoms with Crippen molar-refractivity contribution in [3.05, 3.63) is 75.5 Å². The van der Waals surface area contributed by atoms with Gasteiger partial charge in [-0.25, -0.2) is 4.98 Å². The van der Waals surface area contributed by atoms with Crippen molar-refractivity contribution >= 4 is 0 Å². The lowest BCUT2D eigenvalue weighted by Crippen LogP contribution is -2.35. The molecule has 0 fully saturated rings. The third-order valence-corrected chi connectivity index (χ3v) is 4.80. The third-order valence-electron chi connectivity index (χ3n) is 4.80. The number of aromatic nitrogens is 3. The van der Waals surface area contributed by atoms with Gasteiger partial charge in [-0.3, -0.25) is 14.7 Å². The summed E-state index contributed by atoms with van der Waals surface area (Å²) in [7, 11) is 0. The van der Waals surface area contributed by atoms with Gasteiger partial charge in [-0.05, 0) is 24.6 Å². The third kappa shape index (κ3) is 3.11. The zero-order valence-corrected chi connectivity index (χ0v) is 14.6. The minimum Gasteiger partial charge on any atom is -0.507 e. The number of nitrogens with one attached hydrogen (secondary N) is 1. The van der Waals surface area contributed by atoms with Crippen molar-refractivity contribution in [2.75, 3.05) is 6.54 Å². The van der Waals surface area contributed by atoms with E-state index in [1.54, 1.807) is 12.4 Å². The first-order chi connectivity index (χ1) is 12.6. The normalized spacial score (nSPS) is 14.2. The Balaban J connectivity index is 1.60. The largest absolute Gasteiger partial charge is 0.507 e. The fourth-order valence-corrected chi connectivity index (χ4v) is 3.34. The number of hydrogen-bond donors (Lipinski definition) is 2. The van der Waals surface area contributed by atoms with Gasteiger partial charge in [0.05, 0.1) is 11.3 Å². The average Bonchev–Trinajstić information content (AvgIpc) is 2.66. The standard InChI is InChI=1S/C20H20N4O2/c1-13-4-2-5-15(18(13)25)11-24-9-7-17-16(12-24)20(26)23-19(22-17)14-6-3-8-21-10-14/h2-6,8,10,25H,7,9,11-12H2,1H3,(H,22,23,26). The van der Waals surface area contributed by atoms with E-state index in [0.29, 0.717) is 36.6 Å². The van der Waals surface area contributed by atoms with E-state index in [1.807, 2.05) is 37.3 Å². The van der Waals surface area contributed by atoms with Gasteiger partial charge in [0.25, 0.3) is 5.56 Å². The Bertz CT molecular complexity index is 998. The molecule has 0 amide bonds. The van der Waals surface area contributed by atoms with E-state index in [-0.39, 0.29) is 5.56 Å². The second-order valence-corrected chi connectivity index (χ2v) is 6.62. The molecule has 1 aromatic carbocycles. The maximum Gasteiger partial charge on any atom is 0.255 e. The Hall–Kier alpha value is -2.99. The number of pyridine rings is 1. The van der Waals surface area contributed by atoms with Gasteiger partial charge in [-0.1, -0.05) is 18.2 Å². The summed E-state index contributed by atoms with van der Waals surface area (Å²) in [4.78, 5) is 26.4. The van der Waals surface area contributed by atoms with E-state index < -0.39 is 0 Å². The maximum absolute atomic E-state index is 12.6. The highest BCUT2D eigenvalue weighted by atomic mass is 16.3. The van der Waals surface area contributed by atoms with Crippen LogP contribution < -0.4 is 5.56 Å². The molecular formula is C20H20N4O2. The molecule has 0 bridgehead atoms. The van der Waals surface area contributed by atoms with Gasteiger partial charge < -0.3 is 10.1 Å². The molecule has 4 rings (SSSR count). The summed E-state index contributed by atoms with van der Waals surface area (Å²) in [5.74, 6) is 0.892. The lowest BCUT2D eigenvalue weighted by Gasteiger charge is -2.28. The molecule has 0 unspecified atom stereocenters. The van der Waals surface area contributed by atoms with E-state index in [9.17, 15) is 9.90 Å². The molecule has 3 heterocycles. The molecule has 0 saturated carbocycles. The molecule has 132 valence electrons. The SMILES string of the molecule is Cc1cccc(CN2CCc3nc(-c4cccnc4)[nH]c(=O)c3C2)c1O. The molecule has 6 nitrogen and oxygen atoms in total. The van der Waals surface area contributed by atoms with Gasteiger partial charge in [0.1, 0.15) is 11.6 Å². The first-order valence-corrected chi connectivity index (χ1v) is 8.64. The molecule has 26 heavy (non-hydrogen) atoms. The molecular weight excluding hydrogens is 328 g/mol. The minimum atomic E-state index is -0.105. The zero-order chi connectivity index (χ0) is 18.1. The van der Waals surface area contributed by atoms with E-state index in [2.05, 4.69) is 19.9 Å². The molecule has 0 saturated heterocycles. The number of rotatable bonds is 3. The van der Waals surface area contributed by atoms with E-state index in [1.165, 1.54) is 0 Å². The van der Waals surface area contributed by atoms with Gasteiger partial charge in [-0.15, -0.1) is 0 Å². The Labute approximate surface area is 151 Å². The van der Waals surface area contributed by atoms with E-state index in [0.717, 1.165) is 28.9 Å². The lowest BCUT2D eigenvalue weighted by atomic mass is 10.0. The van der Waals surface area contributed by atoms with E-state index >= 15 is 0 Å². The molecule has 6 heteroatoms. The van der Waals surface area contributed by atoms with Crippen LogP contribution in [0.2, 0.25) is 0 Å². The highest BCUT2D eigenvalue weighted by Gasteiger charge is 2.22. The molecule has 0 aliphatic carbocycles. The predicted molar refractivity (Wildman–Crippen MR) is 98.8 cm³/mol. The Morgan fingerprint density at radius 1 is 1.27 bits per heavy atom. The summed E-state index contributed by atoms with van der Waals surface area (Å²) < 4.78 is 0. The van der Waals surface area contributed by atoms with Gasteiger partial charge in [0.15, 0.2) is 0 Å². The molecule has 1 aliphatic rings. The zero-order valence-electron chi connectivity index (χ0n) is 14.6. The van der Waals surface area contributed by atoms with Crippen molar-refractivity contribution in [3.8, 4) is 17.1 Å². The highest BCUT2D eigenvalue weighted by molar-refractivity contribution is 5.53. The minimum absolute atomic E-state index is 0.105. The number of nitrogens with zero attached hydrogens (tertiary/aromatic N) is 3. The van der Waals surface area contributed by atoms with Crippen molar-refractivity contribution in [2.24, 2.45) is 0 Å². The van der Waals surface area contributed by atoms with Gasteiger partial charge in [0, 0.05) is 49.6 Å². The quantitative estimate of drug-likeness (QED) is 0.759. The van der Waals surface area contributed by atoms with Gasteiger partial charge in [-0.2, -0.15) is 0 Å². The number of phenolic OH excluding ortho intramolecular Hbond substituents is 1. The summed E-state index contributed by atoms with van der Waals surface area (Å²) in [6, 6.07) is 9.46. The van der Waals surface area contributed by atoms with Crippen LogP contribution in [-0.4, -0.2) is 31.5 Å². The number of hydrogen-bond acceptors (Lipinski definition) is 5. The Morgan fingerprint density at radius 3 is 2.96 bits per heavy atom.